The van der Waals surface area contributed by atoms with Crippen LogP contribution in [0.4, 0.5) is 17.3 Å². The molecule has 0 radical (unpaired) electrons. The van der Waals surface area contributed by atoms with Crippen molar-refractivity contribution in [3.05, 3.63) is 16.4 Å². The summed E-state index contributed by atoms with van der Waals surface area (Å²) in [5.74, 6) is 0.310. The van der Waals surface area contributed by atoms with Crippen LogP contribution in [0.1, 0.15) is 40.0 Å². The highest BCUT2D eigenvalue weighted by Gasteiger charge is 2.26. The highest BCUT2D eigenvalue weighted by Crippen LogP contribution is 2.29. The molecule has 0 atom stereocenters. The molecule has 0 aliphatic heterocycles. The monoisotopic (exact) mass is 297 g/mol. The number of nitrogens with zero attached hydrogens (tertiary/aromatic N) is 3. The molecule has 0 saturated carbocycles. The van der Waals surface area contributed by atoms with Crippen LogP contribution in [-0.2, 0) is 0 Å². The van der Waals surface area contributed by atoms with E-state index in [1.54, 1.807) is 0 Å². The maximum Gasteiger partial charge on any atom is 0.353 e. The number of nitro groups is 1. The van der Waals surface area contributed by atoms with E-state index in [2.05, 4.69) is 20.6 Å². The Kier molecular flexibility index (Phi) is 6.29. The predicted molar refractivity (Wildman–Crippen MR) is 81.5 cm³/mol. The lowest BCUT2D eigenvalue weighted by atomic mass is 9.98. The molecule has 0 spiro atoms. The van der Waals surface area contributed by atoms with Crippen LogP contribution in [0.2, 0.25) is 0 Å². The summed E-state index contributed by atoms with van der Waals surface area (Å²) in [5.41, 5.74) is -1.10. The van der Waals surface area contributed by atoms with E-state index in [1.807, 2.05) is 20.8 Å². The van der Waals surface area contributed by atoms with Gasteiger partial charge in [-0.3, -0.25) is 10.1 Å². The lowest BCUT2D eigenvalue weighted by Crippen LogP contribution is -2.35. The van der Waals surface area contributed by atoms with E-state index in [1.165, 1.54) is 6.33 Å². The molecule has 3 N–H and O–H groups in total. The van der Waals surface area contributed by atoms with Gasteiger partial charge in [0, 0.05) is 13.1 Å². The Morgan fingerprint density at radius 2 is 1.81 bits per heavy atom. The van der Waals surface area contributed by atoms with Gasteiger partial charge in [0.05, 0.1) is 10.5 Å². The van der Waals surface area contributed by atoms with E-state index in [0.717, 1.165) is 6.42 Å². The summed E-state index contributed by atoms with van der Waals surface area (Å²) in [6.07, 6.45) is 3.20. The lowest BCUT2D eigenvalue weighted by molar-refractivity contribution is -0.383. The van der Waals surface area contributed by atoms with Crippen LogP contribution in [0.5, 0.6) is 0 Å². The molecule has 0 fully saturated rings. The van der Waals surface area contributed by atoms with Gasteiger partial charge >= 0.3 is 5.69 Å². The van der Waals surface area contributed by atoms with Crippen LogP contribution in [0, 0.1) is 10.1 Å². The molecule has 0 aliphatic rings. The van der Waals surface area contributed by atoms with E-state index in [-0.39, 0.29) is 23.9 Å². The van der Waals surface area contributed by atoms with Gasteiger partial charge in [-0.05, 0) is 19.3 Å². The highest BCUT2D eigenvalue weighted by molar-refractivity contribution is 5.69. The minimum atomic E-state index is -0.907. The maximum absolute atomic E-state index is 11.3. The molecular weight excluding hydrogens is 274 g/mol. The van der Waals surface area contributed by atoms with Crippen molar-refractivity contribution >= 4 is 17.3 Å². The Morgan fingerprint density at radius 1 is 1.24 bits per heavy atom. The third-order valence-electron chi connectivity index (χ3n) is 3.45. The number of aliphatic hydroxyl groups is 1. The van der Waals surface area contributed by atoms with Crippen molar-refractivity contribution in [2.45, 2.75) is 45.6 Å². The van der Waals surface area contributed by atoms with Crippen LogP contribution in [0.25, 0.3) is 0 Å². The van der Waals surface area contributed by atoms with Gasteiger partial charge in [-0.15, -0.1) is 0 Å². The van der Waals surface area contributed by atoms with E-state index in [4.69, 9.17) is 0 Å². The number of aromatic nitrogens is 2. The second-order valence-electron chi connectivity index (χ2n) is 4.89. The summed E-state index contributed by atoms with van der Waals surface area (Å²) in [6.45, 7) is 6.49. The van der Waals surface area contributed by atoms with Crippen molar-refractivity contribution < 1.29 is 10.0 Å². The van der Waals surface area contributed by atoms with Gasteiger partial charge < -0.3 is 15.7 Å². The summed E-state index contributed by atoms with van der Waals surface area (Å²) < 4.78 is 0. The molecule has 0 bridgehead atoms. The van der Waals surface area contributed by atoms with Crippen molar-refractivity contribution in [3.8, 4) is 0 Å². The minimum absolute atomic E-state index is 0.119. The molecule has 0 aromatic carbocycles. The zero-order valence-corrected chi connectivity index (χ0v) is 12.7. The second kappa shape index (κ2) is 7.72. The van der Waals surface area contributed by atoms with Crippen molar-refractivity contribution in [3.63, 3.8) is 0 Å². The van der Waals surface area contributed by atoms with Gasteiger partial charge in [0.15, 0.2) is 0 Å². The van der Waals surface area contributed by atoms with Crippen molar-refractivity contribution in [2.24, 2.45) is 0 Å². The van der Waals surface area contributed by atoms with Crippen LogP contribution in [-0.4, -0.2) is 38.7 Å². The zero-order chi connectivity index (χ0) is 15.9. The van der Waals surface area contributed by atoms with Crippen LogP contribution in [0.3, 0.4) is 0 Å². The third kappa shape index (κ3) is 4.52. The summed E-state index contributed by atoms with van der Waals surface area (Å²) in [5, 5.41) is 27.3. The number of rotatable bonds is 9. The maximum atomic E-state index is 11.3. The molecule has 8 nitrogen and oxygen atoms in total. The SMILES string of the molecule is CCCNc1ncnc(NCC(O)(CC)CC)c1[N+](=O)[O-]. The fraction of sp³-hybridized carbons (Fsp3) is 0.692. The number of nitrogens with one attached hydrogen (secondary N) is 2. The Hall–Kier alpha value is -1.96. The summed E-state index contributed by atoms with van der Waals surface area (Å²) >= 11 is 0. The molecule has 8 heteroatoms. The normalized spacial score (nSPS) is 11.2. The zero-order valence-electron chi connectivity index (χ0n) is 12.7. The van der Waals surface area contributed by atoms with Gasteiger partial charge in [0.2, 0.25) is 11.6 Å². The van der Waals surface area contributed by atoms with Gasteiger partial charge in [0.1, 0.15) is 6.33 Å². The predicted octanol–water partition coefficient (Wildman–Crippen LogP) is 2.17. The van der Waals surface area contributed by atoms with E-state index < -0.39 is 10.5 Å². The van der Waals surface area contributed by atoms with Crippen LogP contribution >= 0.6 is 0 Å². The fourth-order valence-corrected chi connectivity index (χ4v) is 1.80. The van der Waals surface area contributed by atoms with Crippen LogP contribution in [0.15, 0.2) is 6.33 Å². The number of anilines is 2. The molecule has 1 heterocycles. The summed E-state index contributed by atoms with van der Waals surface area (Å²) in [7, 11) is 0. The molecule has 1 aromatic rings. The Labute approximate surface area is 124 Å². The molecule has 0 amide bonds. The first-order valence-electron chi connectivity index (χ1n) is 7.17. The second-order valence-corrected chi connectivity index (χ2v) is 4.89. The first kappa shape index (κ1) is 17.1. The molecule has 1 aromatic heterocycles. The Morgan fingerprint density at radius 3 is 2.29 bits per heavy atom. The standard InChI is InChI=1S/C13H23N5O3/c1-4-7-14-11-10(18(20)21)12(17-9-16-11)15-8-13(19,5-2)6-3/h9,19H,4-8H2,1-3H3,(H2,14,15,16,17). The van der Waals surface area contributed by atoms with E-state index in [9.17, 15) is 15.2 Å². The average molecular weight is 297 g/mol. The summed E-state index contributed by atoms with van der Waals surface area (Å²) in [4.78, 5) is 18.6. The van der Waals surface area contributed by atoms with Crippen molar-refractivity contribution in [1.29, 1.82) is 0 Å². The molecular formula is C13H23N5O3. The van der Waals surface area contributed by atoms with Gasteiger partial charge in [-0.2, -0.15) is 0 Å². The summed E-state index contributed by atoms with van der Waals surface area (Å²) in [6, 6.07) is 0. The smallest absolute Gasteiger partial charge is 0.353 e. The molecule has 118 valence electrons. The third-order valence-corrected chi connectivity index (χ3v) is 3.45. The Bertz CT molecular complexity index is 477. The number of hydrogen-bond acceptors (Lipinski definition) is 7. The lowest BCUT2D eigenvalue weighted by Gasteiger charge is -2.25. The molecule has 0 saturated heterocycles. The largest absolute Gasteiger partial charge is 0.388 e. The molecule has 0 unspecified atom stereocenters. The molecule has 21 heavy (non-hydrogen) atoms. The fourth-order valence-electron chi connectivity index (χ4n) is 1.80. The van der Waals surface area contributed by atoms with Crippen molar-refractivity contribution in [1.82, 2.24) is 9.97 Å². The van der Waals surface area contributed by atoms with Crippen LogP contribution < -0.4 is 10.6 Å². The quantitative estimate of drug-likeness (QED) is 0.473. The van der Waals surface area contributed by atoms with Gasteiger partial charge in [-0.1, -0.05) is 20.8 Å². The topological polar surface area (TPSA) is 113 Å². The first-order chi connectivity index (χ1) is 9.97. The highest BCUT2D eigenvalue weighted by atomic mass is 16.6. The molecule has 0 aliphatic carbocycles. The average Bonchev–Trinajstić information content (AvgIpc) is 2.50. The van der Waals surface area contributed by atoms with Gasteiger partial charge in [0.25, 0.3) is 0 Å². The Balaban J connectivity index is 2.98. The van der Waals surface area contributed by atoms with E-state index in [0.29, 0.717) is 19.4 Å². The van der Waals surface area contributed by atoms with Gasteiger partial charge in [-0.25, -0.2) is 9.97 Å². The minimum Gasteiger partial charge on any atom is -0.388 e. The number of hydrogen-bond donors (Lipinski definition) is 3. The van der Waals surface area contributed by atoms with E-state index >= 15 is 0 Å². The first-order valence-corrected chi connectivity index (χ1v) is 7.17. The molecule has 1 rings (SSSR count). The van der Waals surface area contributed by atoms with Crippen molar-refractivity contribution in [2.75, 3.05) is 23.7 Å².